The summed E-state index contributed by atoms with van der Waals surface area (Å²) in [6.07, 6.45) is 0. The van der Waals surface area contributed by atoms with Crippen LogP contribution in [0.5, 0.6) is 0 Å². The second kappa shape index (κ2) is 19.8. The Hall–Kier alpha value is 3.74. The van der Waals surface area contributed by atoms with Crippen LogP contribution in [0.15, 0.2) is 0 Å². The Morgan fingerprint density at radius 2 is 0.263 bits per heavy atom. The second-order valence-corrected chi connectivity index (χ2v) is 6.18. The van der Waals surface area contributed by atoms with Gasteiger partial charge >= 0.3 is 167 Å². The molecule has 0 aromatic carbocycles. The van der Waals surface area contributed by atoms with Crippen molar-refractivity contribution in [3.05, 3.63) is 0 Å². The first-order valence-electron chi connectivity index (χ1n) is 2.45. The van der Waals surface area contributed by atoms with E-state index in [1.807, 2.05) is 0 Å². The van der Waals surface area contributed by atoms with Crippen molar-refractivity contribution in [2.45, 2.75) is 0 Å². The summed E-state index contributed by atoms with van der Waals surface area (Å²) in [6, 6.07) is 0. The van der Waals surface area contributed by atoms with E-state index in [0.717, 1.165) is 0 Å². The molecule has 4 radical (unpaired) electrons. The molecule has 19 heteroatoms. The standard InChI is InChI=1S/4Fe.12O.3Ti/q4*+3;12*-1;;;. The first kappa shape index (κ1) is 43.4. The molecule has 0 atom stereocenters. The second-order valence-electron chi connectivity index (χ2n) is 1.50. The fourth-order valence-corrected chi connectivity index (χ4v) is 0. The molecule has 0 fully saturated rings. The van der Waals surface area contributed by atoms with E-state index in [9.17, 15) is 0 Å². The topological polar surface area (TPSA) is 277 Å². The van der Waals surface area contributed by atoms with Crippen molar-refractivity contribution < 1.29 is 167 Å². The molecule has 0 bridgehead atoms. The van der Waals surface area contributed by atoms with E-state index in [4.69, 9.17) is 44.3 Å². The van der Waals surface area contributed by atoms with E-state index < -0.39 is 54.4 Å². The molecule has 0 aromatic rings. The van der Waals surface area contributed by atoms with E-state index >= 15 is 0 Å². The maximum atomic E-state index is 8.62. The van der Waals surface area contributed by atoms with Gasteiger partial charge in [-0.15, -0.1) is 0 Å². The molecule has 0 N–H and O–H groups in total. The molecular formula is Fe4O12Ti3. The zero-order valence-corrected chi connectivity index (χ0v) is 16.9. The van der Waals surface area contributed by atoms with Crippen LogP contribution >= 0.6 is 0 Å². The van der Waals surface area contributed by atoms with Gasteiger partial charge in [0.1, 0.15) is 0 Å². The molecule has 0 saturated carbocycles. The maximum absolute atomic E-state index is 8.62. The molecule has 0 amide bonds. The Balaban J connectivity index is -0.0000000206. The summed E-state index contributed by atoms with van der Waals surface area (Å²) in [5.41, 5.74) is 0. The van der Waals surface area contributed by atoms with Gasteiger partial charge < -0.3 is 0 Å². The molecule has 0 aliphatic heterocycles. The molecule has 19 heavy (non-hydrogen) atoms. The van der Waals surface area contributed by atoms with Crippen LogP contribution in [0.2, 0.25) is 0 Å². The van der Waals surface area contributed by atoms with Crippen LogP contribution in [0.4, 0.5) is 0 Å². The first-order valence-corrected chi connectivity index (χ1v) is 10.1. The number of hydrogen-bond donors (Lipinski definition) is 0. The molecule has 0 unspecified atom stereocenters. The summed E-state index contributed by atoms with van der Waals surface area (Å²) in [6.45, 7) is 0. The average Bonchev–Trinajstić information content (AvgIpc) is 1.41. The number of rotatable bonds is 0. The molecule has 116 valence electrons. The summed E-state index contributed by atoms with van der Waals surface area (Å²) >= 11 is -18.0. The molecule has 0 aliphatic rings. The molecular weight excluding hydrogens is 559 g/mol. The Morgan fingerprint density at radius 1 is 0.263 bits per heavy atom. The molecule has 0 aromatic heterocycles. The van der Waals surface area contributed by atoms with Crippen LogP contribution in [-0.4, -0.2) is 0 Å². The fraction of sp³-hybridized carbons (Fsp3) is 0. The van der Waals surface area contributed by atoms with Crippen molar-refractivity contribution in [1.29, 1.82) is 0 Å². The first-order chi connectivity index (χ1) is 6.00. The Bertz CT molecular complexity index is 100.0. The molecule has 0 saturated heterocycles. The minimum absolute atomic E-state index is 0. The van der Waals surface area contributed by atoms with E-state index in [0.29, 0.717) is 0 Å². The van der Waals surface area contributed by atoms with Crippen molar-refractivity contribution in [2.24, 2.45) is 0 Å². The molecule has 12 nitrogen and oxygen atoms in total. The van der Waals surface area contributed by atoms with E-state index in [1.54, 1.807) is 0 Å². The summed E-state index contributed by atoms with van der Waals surface area (Å²) in [4.78, 5) is 0. The van der Waals surface area contributed by atoms with Gasteiger partial charge in [-0.1, -0.05) is 0 Å². The quantitative estimate of drug-likeness (QED) is 0.250. The minimum atomic E-state index is -6.00. The van der Waals surface area contributed by atoms with E-state index in [1.165, 1.54) is 0 Å². The van der Waals surface area contributed by atoms with Crippen LogP contribution in [0.25, 0.3) is 0 Å². The van der Waals surface area contributed by atoms with Crippen molar-refractivity contribution >= 4 is 0 Å². The third-order valence-electron chi connectivity index (χ3n) is 0. The van der Waals surface area contributed by atoms with Gasteiger partial charge in [-0.2, -0.15) is 0 Å². The summed E-state index contributed by atoms with van der Waals surface area (Å²) in [5, 5.41) is 0. The molecule has 0 spiro atoms. The van der Waals surface area contributed by atoms with Gasteiger partial charge in [0.05, 0.1) is 0 Å². The monoisotopic (exact) mass is 560 g/mol. The summed E-state index contributed by atoms with van der Waals surface area (Å²) in [7, 11) is 0. The van der Waals surface area contributed by atoms with Gasteiger partial charge in [0.2, 0.25) is 0 Å². The zero-order chi connectivity index (χ0) is 13.5. The van der Waals surface area contributed by atoms with E-state index in [2.05, 4.69) is 0 Å². The summed E-state index contributed by atoms with van der Waals surface area (Å²) < 4.78 is 104. The van der Waals surface area contributed by atoms with E-state index in [-0.39, 0.29) is 68.3 Å². The molecule has 0 rings (SSSR count). The van der Waals surface area contributed by atoms with Crippen LogP contribution in [0.3, 0.4) is 0 Å². The van der Waals surface area contributed by atoms with Crippen molar-refractivity contribution in [1.82, 2.24) is 0 Å². The van der Waals surface area contributed by atoms with Gasteiger partial charge in [0.25, 0.3) is 0 Å². The fourth-order valence-electron chi connectivity index (χ4n) is 0. The van der Waals surface area contributed by atoms with Crippen LogP contribution in [0, 0.1) is 0 Å². The predicted molar refractivity (Wildman–Crippen MR) is 0 cm³/mol. The van der Waals surface area contributed by atoms with Crippen LogP contribution < -0.4 is 44.3 Å². The molecule has 0 heterocycles. The SMILES string of the molecule is [Fe+3].[Fe+3].[Fe+3].[Fe+3].[O-][Ti]([O-])([O-])[O-].[O-][Ti]([O-])([O-])[O-].[O-][Ti]([O-])([O-])[O-]. The van der Waals surface area contributed by atoms with Gasteiger partial charge in [0, 0.05) is 0 Å². The average molecular weight is 559 g/mol. The van der Waals surface area contributed by atoms with Crippen LogP contribution in [0.1, 0.15) is 0 Å². The van der Waals surface area contributed by atoms with Gasteiger partial charge in [-0.25, -0.2) is 0 Å². The number of hydrogen-bond acceptors (Lipinski definition) is 12. The van der Waals surface area contributed by atoms with Crippen LogP contribution in [-0.2, 0) is 123 Å². The van der Waals surface area contributed by atoms with Gasteiger partial charge in [-0.05, 0) is 0 Å². The molecule has 0 aliphatic carbocycles. The third kappa shape index (κ3) is 605. The van der Waals surface area contributed by atoms with Crippen molar-refractivity contribution in [2.75, 3.05) is 0 Å². The van der Waals surface area contributed by atoms with Crippen molar-refractivity contribution in [3.63, 3.8) is 0 Å². The normalized spacial score (nSPS) is 9.47. The third-order valence-corrected chi connectivity index (χ3v) is 0. The Kier molecular flexibility index (Phi) is 45.2. The zero-order valence-electron chi connectivity index (χ0n) is 7.81. The predicted octanol–water partition coefficient (Wildman–Crippen LogP) is -14.3. The summed E-state index contributed by atoms with van der Waals surface area (Å²) in [5.74, 6) is 0. The van der Waals surface area contributed by atoms with Gasteiger partial charge in [-0.3, -0.25) is 0 Å². The van der Waals surface area contributed by atoms with Crippen molar-refractivity contribution in [3.8, 4) is 0 Å². The Labute approximate surface area is 164 Å². The van der Waals surface area contributed by atoms with Gasteiger partial charge in [0.15, 0.2) is 0 Å². The Morgan fingerprint density at radius 3 is 0.263 bits per heavy atom.